The van der Waals surface area contributed by atoms with Crippen molar-refractivity contribution in [1.82, 2.24) is 0 Å². The van der Waals surface area contributed by atoms with Crippen molar-refractivity contribution < 1.29 is 20.1 Å². The van der Waals surface area contributed by atoms with Crippen LogP contribution in [0.15, 0.2) is 23.8 Å². The lowest BCUT2D eigenvalue weighted by Gasteiger charge is -2.39. The number of aliphatic carboxylic acids is 1. The molecule has 0 fully saturated rings. The van der Waals surface area contributed by atoms with Crippen LogP contribution in [0.3, 0.4) is 0 Å². The van der Waals surface area contributed by atoms with Gasteiger partial charge in [0.25, 0.3) is 0 Å². The lowest BCUT2D eigenvalue weighted by Crippen LogP contribution is -2.30. The Balaban J connectivity index is 1.88. The molecule has 0 saturated heterocycles. The van der Waals surface area contributed by atoms with E-state index in [2.05, 4.69) is 32.1 Å². The van der Waals surface area contributed by atoms with E-state index in [1.54, 1.807) is 0 Å². The van der Waals surface area contributed by atoms with Gasteiger partial charge in [-0.25, -0.2) is 0 Å². The van der Waals surface area contributed by atoms with Crippen LogP contribution in [0.2, 0.25) is 0 Å². The highest BCUT2D eigenvalue weighted by Gasteiger charge is 2.33. The van der Waals surface area contributed by atoms with Gasteiger partial charge in [0.1, 0.15) is 0 Å². The van der Waals surface area contributed by atoms with Gasteiger partial charge in [0.2, 0.25) is 0 Å². The number of carboxylic acid groups (broad SMARTS) is 1. The van der Waals surface area contributed by atoms with Gasteiger partial charge in [-0.2, -0.15) is 0 Å². The van der Waals surface area contributed by atoms with Crippen LogP contribution in [0.5, 0.6) is 0 Å². The van der Waals surface area contributed by atoms with E-state index in [-0.39, 0.29) is 12.8 Å². The van der Waals surface area contributed by atoms with Gasteiger partial charge in [-0.1, -0.05) is 32.1 Å². The normalized spacial score (nSPS) is 32.8. The average Bonchev–Trinajstić information content (AvgIpc) is 2.45. The van der Waals surface area contributed by atoms with Gasteiger partial charge >= 0.3 is 5.97 Å². The van der Waals surface area contributed by atoms with Gasteiger partial charge in [-0.3, -0.25) is 4.79 Å². The molecule has 0 bridgehead atoms. The third-order valence-corrected chi connectivity index (χ3v) is 5.41. The molecule has 3 N–H and O–H groups in total. The lowest BCUT2D eigenvalue weighted by atomic mass is 9.66. The Bertz CT molecular complexity index is 468. The Kier molecular flexibility index (Phi) is 6.42. The van der Waals surface area contributed by atoms with Crippen LogP contribution in [-0.4, -0.2) is 33.5 Å². The highest BCUT2D eigenvalue weighted by Crippen LogP contribution is 2.43. The predicted molar refractivity (Wildman–Crippen MR) is 89.9 cm³/mol. The third-order valence-electron chi connectivity index (χ3n) is 5.41. The summed E-state index contributed by atoms with van der Waals surface area (Å²) < 4.78 is 0. The minimum absolute atomic E-state index is 0.146. The largest absolute Gasteiger partial charge is 0.481 e. The first-order chi connectivity index (χ1) is 10.9. The average molecular weight is 322 g/mol. The molecule has 0 spiro atoms. The second-order valence-electron chi connectivity index (χ2n) is 7.43. The maximum Gasteiger partial charge on any atom is 0.305 e. The number of hydrogen-bond donors (Lipinski definition) is 3. The van der Waals surface area contributed by atoms with Crippen molar-refractivity contribution >= 4 is 5.97 Å². The van der Waals surface area contributed by atoms with Crippen molar-refractivity contribution in [2.45, 2.75) is 64.6 Å². The molecule has 2 aliphatic carbocycles. The summed E-state index contributed by atoms with van der Waals surface area (Å²) in [6, 6.07) is 0. The minimum Gasteiger partial charge on any atom is -0.481 e. The van der Waals surface area contributed by atoms with Crippen LogP contribution in [-0.2, 0) is 4.79 Å². The van der Waals surface area contributed by atoms with E-state index in [1.807, 2.05) is 0 Å². The first-order valence-electron chi connectivity index (χ1n) is 8.84. The fourth-order valence-electron chi connectivity index (χ4n) is 4.12. The first-order valence-corrected chi connectivity index (χ1v) is 8.84. The van der Waals surface area contributed by atoms with Crippen molar-refractivity contribution in [3.8, 4) is 0 Å². The number of hydrogen-bond acceptors (Lipinski definition) is 3. The predicted octanol–water partition coefficient (Wildman–Crippen LogP) is 3.15. The first kappa shape index (κ1) is 18.2. The molecule has 2 rings (SSSR count). The third kappa shape index (κ3) is 5.18. The van der Waals surface area contributed by atoms with Crippen LogP contribution in [0, 0.1) is 23.7 Å². The van der Waals surface area contributed by atoms with Crippen LogP contribution >= 0.6 is 0 Å². The van der Waals surface area contributed by atoms with Crippen molar-refractivity contribution in [2.75, 3.05) is 0 Å². The molecule has 23 heavy (non-hydrogen) atoms. The van der Waals surface area contributed by atoms with Gasteiger partial charge in [-0.05, 0) is 61.3 Å². The number of allylic oxidation sites excluding steroid dienone is 4. The van der Waals surface area contributed by atoms with Crippen molar-refractivity contribution in [3.05, 3.63) is 23.8 Å². The second-order valence-corrected chi connectivity index (χ2v) is 7.43. The summed E-state index contributed by atoms with van der Waals surface area (Å²) in [6.07, 6.45) is 9.17. The number of aliphatic hydroxyl groups excluding tert-OH is 2. The monoisotopic (exact) mass is 322 g/mol. The molecule has 0 aliphatic heterocycles. The molecule has 2 aliphatic rings. The van der Waals surface area contributed by atoms with E-state index < -0.39 is 18.2 Å². The summed E-state index contributed by atoms with van der Waals surface area (Å²) in [5.74, 6) is 1.24. The molecule has 0 heterocycles. The molecular weight excluding hydrogens is 292 g/mol. The van der Waals surface area contributed by atoms with E-state index in [0.717, 1.165) is 6.42 Å². The number of aliphatic hydroxyl groups is 2. The molecule has 4 nitrogen and oxygen atoms in total. The highest BCUT2D eigenvalue weighted by atomic mass is 16.4. The van der Waals surface area contributed by atoms with Gasteiger partial charge in [0.05, 0.1) is 18.6 Å². The number of carbonyl (C=O) groups is 1. The minimum atomic E-state index is -1.03. The zero-order chi connectivity index (χ0) is 17.0. The maximum atomic E-state index is 10.6. The molecule has 0 aromatic carbocycles. The number of rotatable bonds is 7. The van der Waals surface area contributed by atoms with Crippen LogP contribution < -0.4 is 0 Å². The van der Waals surface area contributed by atoms with Crippen molar-refractivity contribution in [1.29, 1.82) is 0 Å². The van der Waals surface area contributed by atoms with E-state index in [0.29, 0.717) is 30.1 Å². The molecule has 0 radical (unpaired) electrons. The van der Waals surface area contributed by atoms with Gasteiger partial charge in [0, 0.05) is 0 Å². The molecular formula is C19H30O4. The summed E-state index contributed by atoms with van der Waals surface area (Å²) in [4.78, 5) is 10.6. The summed E-state index contributed by atoms with van der Waals surface area (Å²) in [7, 11) is 0. The maximum absolute atomic E-state index is 10.6. The summed E-state index contributed by atoms with van der Waals surface area (Å²) in [6.45, 7) is 4.50. The smallest absolute Gasteiger partial charge is 0.305 e. The lowest BCUT2D eigenvalue weighted by molar-refractivity contribution is -0.139. The van der Waals surface area contributed by atoms with Crippen LogP contribution in [0.25, 0.3) is 0 Å². The summed E-state index contributed by atoms with van der Waals surface area (Å²) in [5, 5.41) is 28.4. The molecule has 130 valence electrons. The number of carboxylic acids is 1. The van der Waals surface area contributed by atoms with Crippen LogP contribution in [0.4, 0.5) is 0 Å². The highest BCUT2D eigenvalue weighted by molar-refractivity contribution is 5.67. The molecule has 0 amide bonds. The molecule has 0 aromatic heterocycles. The summed E-state index contributed by atoms with van der Waals surface area (Å²) >= 11 is 0. The van der Waals surface area contributed by atoms with Crippen molar-refractivity contribution in [3.63, 3.8) is 0 Å². The molecule has 6 atom stereocenters. The fourth-order valence-corrected chi connectivity index (χ4v) is 4.12. The van der Waals surface area contributed by atoms with E-state index in [4.69, 9.17) is 5.11 Å². The molecule has 1 unspecified atom stereocenters. The number of fused-ring (bicyclic) bond motifs is 1. The van der Waals surface area contributed by atoms with Gasteiger partial charge in [-0.15, -0.1) is 0 Å². The Morgan fingerprint density at radius 3 is 2.70 bits per heavy atom. The van der Waals surface area contributed by atoms with E-state index >= 15 is 0 Å². The van der Waals surface area contributed by atoms with Crippen molar-refractivity contribution in [2.24, 2.45) is 23.7 Å². The fraction of sp³-hybridized carbons (Fsp3) is 0.737. The Morgan fingerprint density at radius 1 is 1.26 bits per heavy atom. The Morgan fingerprint density at radius 2 is 2.00 bits per heavy atom. The van der Waals surface area contributed by atoms with E-state index in [9.17, 15) is 15.0 Å². The zero-order valence-corrected chi connectivity index (χ0v) is 14.2. The Hall–Kier alpha value is -1.13. The molecule has 4 heteroatoms. The molecule has 0 saturated carbocycles. The summed E-state index contributed by atoms with van der Waals surface area (Å²) in [5.41, 5.74) is 1.45. The quantitative estimate of drug-likeness (QED) is 0.673. The topological polar surface area (TPSA) is 77.8 Å². The Labute approximate surface area is 138 Å². The van der Waals surface area contributed by atoms with Gasteiger partial charge < -0.3 is 15.3 Å². The van der Waals surface area contributed by atoms with Crippen LogP contribution in [0.1, 0.15) is 52.4 Å². The van der Waals surface area contributed by atoms with E-state index in [1.165, 1.54) is 18.4 Å². The van der Waals surface area contributed by atoms with Gasteiger partial charge in [0.15, 0.2) is 0 Å². The second kappa shape index (κ2) is 8.11. The SMILES string of the molecule is C[C@H]1C=C2C=C[C@H](C)[C@H](CC[C@@H](O)C[C@@H](O)CC(=O)O)C2CC1. The standard InChI is InChI=1S/C19H30O4/c1-12-3-7-18-14(9-12)5-4-13(2)17(18)8-6-15(20)10-16(21)11-19(22)23/h4-5,9,12-13,15-18,20-21H,3,6-8,10-11H2,1-2H3,(H,22,23)/t12-,13+,15-,16-,17+,18?/m1/s1. The zero-order valence-electron chi connectivity index (χ0n) is 14.2. The molecule has 0 aromatic rings.